The van der Waals surface area contributed by atoms with Crippen molar-refractivity contribution in [3.63, 3.8) is 0 Å². The van der Waals surface area contributed by atoms with Crippen molar-refractivity contribution in [3.05, 3.63) is 77.6 Å². The van der Waals surface area contributed by atoms with E-state index in [-0.39, 0.29) is 0 Å². The number of ether oxygens (including phenoxy) is 1. The maximum Gasteiger partial charge on any atom is 0.211 e. The van der Waals surface area contributed by atoms with E-state index >= 15 is 0 Å². The Labute approximate surface area is 161 Å². The van der Waals surface area contributed by atoms with E-state index in [4.69, 9.17) is 4.74 Å². The van der Waals surface area contributed by atoms with Crippen molar-refractivity contribution in [1.82, 2.24) is 4.57 Å². The molecule has 0 N–H and O–H groups in total. The maximum atomic E-state index is 5.29. The molecule has 134 valence electrons. The number of allylic oxidation sites excluding steroid dienone is 4. The molecule has 3 aromatic rings. The van der Waals surface area contributed by atoms with E-state index in [1.165, 1.54) is 0 Å². The molecular weight excluding hydrogens is 356 g/mol. The Kier molecular flexibility index (Phi) is 4.80. The van der Waals surface area contributed by atoms with Crippen molar-refractivity contribution in [2.45, 2.75) is 0 Å². The molecule has 1 aromatic heterocycles. The van der Waals surface area contributed by atoms with Crippen molar-refractivity contribution in [2.75, 3.05) is 7.11 Å². The second kappa shape index (κ2) is 7.55. The van der Waals surface area contributed by atoms with Crippen molar-refractivity contribution in [1.29, 1.82) is 0 Å². The predicted octanol–water partition coefficient (Wildman–Crippen LogP) is 4.40. The first kappa shape index (κ1) is 17.2. The lowest BCUT2D eigenvalue weighted by Gasteiger charge is -2.01. The third kappa shape index (κ3) is 3.80. The van der Waals surface area contributed by atoms with Crippen molar-refractivity contribution < 1.29 is 4.74 Å². The van der Waals surface area contributed by atoms with Crippen LogP contribution in [-0.4, -0.2) is 23.1 Å². The Hall–Kier alpha value is -3.25. The molecule has 1 aliphatic rings. The van der Waals surface area contributed by atoms with E-state index < -0.39 is 0 Å². The van der Waals surface area contributed by atoms with Gasteiger partial charge in [0.1, 0.15) is 5.75 Å². The van der Waals surface area contributed by atoms with Crippen LogP contribution in [0.15, 0.2) is 88.0 Å². The van der Waals surface area contributed by atoms with Gasteiger partial charge in [0.15, 0.2) is 0 Å². The second-order valence-corrected chi connectivity index (χ2v) is 6.95. The third-order valence-electron chi connectivity index (χ3n) is 4.13. The molecule has 0 atom stereocenters. The summed E-state index contributed by atoms with van der Waals surface area (Å²) >= 11 is 1.58. The van der Waals surface area contributed by atoms with Crippen LogP contribution in [0, 0.1) is 0 Å². The lowest BCUT2D eigenvalue weighted by Crippen LogP contribution is -2.09. The molecule has 2 aromatic carbocycles. The topological polar surface area (TPSA) is 51.2 Å². The molecule has 0 radical (unpaired) electrons. The Morgan fingerprint density at radius 3 is 2.37 bits per heavy atom. The van der Waals surface area contributed by atoms with Gasteiger partial charge in [-0.2, -0.15) is 0 Å². The first-order chi connectivity index (χ1) is 13.2. The number of benzene rings is 2. The van der Waals surface area contributed by atoms with Crippen molar-refractivity contribution in [2.24, 2.45) is 22.2 Å². The number of fused-ring (bicyclic) bond motifs is 1. The number of nitrogens with zero attached hydrogens (tertiary/aromatic N) is 4. The molecule has 0 aliphatic heterocycles. The standard InChI is InChI=1S/C21H18N4OS/c1-25-19-13-12-18(26-2)14-20(19)27-21(25)24-23-17-10-8-16(9-11-17)22-15-6-4-3-5-7-15/h3-14H,1-2H3/b22-16?,23-17?,24-21-. The molecule has 6 heteroatoms. The Balaban J connectivity index is 1.59. The number of rotatable bonds is 3. The van der Waals surface area contributed by atoms with Crippen LogP contribution in [0.1, 0.15) is 0 Å². The largest absolute Gasteiger partial charge is 0.497 e. The van der Waals surface area contributed by atoms with E-state index in [1.54, 1.807) is 18.4 Å². The van der Waals surface area contributed by atoms with Gasteiger partial charge in [0.2, 0.25) is 4.80 Å². The molecule has 27 heavy (non-hydrogen) atoms. The van der Waals surface area contributed by atoms with Crippen LogP contribution in [0.4, 0.5) is 5.69 Å². The fourth-order valence-corrected chi connectivity index (χ4v) is 3.68. The number of para-hydroxylation sites is 1. The molecule has 0 spiro atoms. The Morgan fingerprint density at radius 1 is 0.889 bits per heavy atom. The van der Waals surface area contributed by atoms with Crippen molar-refractivity contribution in [3.8, 4) is 5.75 Å². The number of thiazole rings is 1. The van der Waals surface area contributed by atoms with E-state index in [0.29, 0.717) is 0 Å². The second-order valence-electron chi connectivity index (χ2n) is 5.94. The van der Waals surface area contributed by atoms with Crippen LogP contribution in [0.5, 0.6) is 5.75 Å². The van der Waals surface area contributed by atoms with E-state index in [0.717, 1.165) is 37.9 Å². The van der Waals surface area contributed by atoms with Crippen LogP contribution >= 0.6 is 11.3 Å². The predicted molar refractivity (Wildman–Crippen MR) is 112 cm³/mol. The SMILES string of the molecule is COc1ccc2c(c1)s/c(=N\N=C1C=CC(=Nc3ccccc3)C=C1)n2C. The zero-order valence-corrected chi connectivity index (χ0v) is 15.9. The van der Waals surface area contributed by atoms with E-state index in [2.05, 4.69) is 15.2 Å². The average Bonchev–Trinajstić information content (AvgIpc) is 3.03. The lowest BCUT2D eigenvalue weighted by atomic mass is 10.1. The van der Waals surface area contributed by atoms with Crippen molar-refractivity contribution >= 4 is 38.7 Å². The smallest absolute Gasteiger partial charge is 0.211 e. The van der Waals surface area contributed by atoms with Gasteiger partial charge in [-0.25, -0.2) is 4.99 Å². The van der Waals surface area contributed by atoms with Gasteiger partial charge < -0.3 is 9.30 Å². The van der Waals surface area contributed by atoms with Crippen LogP contribution in [0.3, 0.4) is 0 Å². The highest BCUT2D eigenvalue weighted by Crippen LogP contribution is 2.22. The number of aryl methyl sites for hydroxylation is 1. The molecule has 5 nitrogen and oxygen atoms in total. The van der Waals surface area contributed by atoms with Crippen LogP contribution in [-0.2, 0) is 7.05 Å². The van der Waals surface area contributed by atoms with Gasteiger partial charge in [0.05, 0.1) is 34.4 Å². The minimum absolute atomic E-state index is 0.789. The molecular formula is C21H18N4OS. The van der Waals surface area contributed by atoms with Gasteiger partial charge in [-0.15, -0.1) is 10.2 Å². The molecule has 4 rings (SSSR count). The van der Waals surface area contributed by atoms with Gasteiger partial charge in [-0.3, -0.25) is 0 Å². The van der Waals surface area contributed by atoms with Gasteiger partial charge in [0.25, 0.3) is 0 Å². The number of aliphatic imine (C=N–C) groups is 1. The fourth-order valence-electron chi connectivity index (χ4n) is 2.68. The van der Waals surface area contributed by atoms with Gasteiger partial charge >= 0.3 is 0 Å². The molecule has 0 amide bonds. The highest BCUT2D eigenvalue weighted by atomic mass is 32.1. The molecule has 0 saturated carbocycles. The summed E-state index contributed by atoms with van der Waals surface area (Å²) in [4.78, 5) is 5.40. The van der Waals surface area contributed by atoms with Gasteiger partial charge in [-0.1, -0.05) is 29.5 Å². The van der Waals surface area contributed by atoms with Gasteiger partial charge in [0, 0.05) is 7.05 Å². The van der Waals surface area contributed by atoms with Crippen LogP contribution in [0.2, 0.25) is 0 Å². The minimum atomic E-state index is 0.789. The monoisotopic (exact) mass is 374 g/mol. The Bertz CT molecular complexity index is 1150. The zero-order chi connectivity index (χ0) is 18.6. The summed E-state index contributed by atoms with van der Waals surface area (Å²) in [6.07, 6.45) is 7.72. The summed E-state index contributed by atoms with van der Waals surface area (Å²) in [5, 5.41) is 8.78. The first-order valence-electron chi connectivity index (χ1n) is 8.48. The maximum absolute atomic E-state index is 5.29. The normalized spacial score (nSPS) is 14.1. The zero-order valence-electron chi connectivity index (χ0n) is 15.0. The quantitative estimate of drug-likeness (QED) is 0.495. The molecule has 0 bridgehead atoms. The number of hydrogen-bond acceptors (Lipinski definition) is 5. The lowest BCUT2D eigenvalue weighted by molar-refractivity contribution is 0.415. The third-order valence-corrected chi connectivity index (χ3v) is 5.22. The summed E-state index contributed by atoms with van der Waals surface area (Å²) in [5.74, 6) is 0.839. The summed E-state index contributed by atoms with van der Waals surface area (Å²) in [5.41, 5.74) is 3.71. The highest BCUT2D eigenvalue weighted by Gasteiger charge is 2.04. The molecule has 0 fully saturated rings. The molecule has 1 aliphatic carbocycles. The molecule has 1 heterocycles. The van der Waals surface area contributed by atoms with Gasteiger partial charge in [-0.05, 0) is 54.6 Å². The van der Waals surface area contributed by atoms with Crippen LogP contribution < -0.4 is 9.54 Å². The highest BCUT2D eigenvalue weighted by molar-refractivity contribution is 7.16. The minimum Gasteiger partial charge on any atom is -0.497 e. The van der Waals surface area contributed by atoms with Crippen LogP contribution in [0.25, 0.3) is 10.2 Å². The number of hydrogen-bond donors (Lipinski definition) is 0. The number of aromatic nitrogens is 1. The summed E-state index contributed by atoms with van der Waals surface area (Å²) in [6.45, 7) is 0. The Morgan fingerprint density at radius 2 is 1.63 bits per heavy atom. The summed E-state index contributed by atoms with van der Waals surface area (Å²) < 4.78 is 8.43. The molecule has 0 unspecified atom stereocenters. The van der Waals surface area contributed by atoms with E-state index in [1.807, 2.05) is 84.4 Å². The average molecular weight is 374 g/mol. The molecule has 0 saturated heterocycles. The summed E-state index contributed by atoms with van der Waals surface area (Å²) in [7, 11) is 3.66. The number of methoxy groups -OCH3 is 1. The summed E-state index contributed by atoms with van der Waals surface area (Å²) in [6, 6.07) is 15.9. The first-order valence-corrected chi connectivity index (χ1v) is 9.30. The fraction of sp³-hybridized carbons (Fsp3) is 0.0952. The van der Waals surface area contributed by atoms with E-state index in [9.17, 15) is 0 Å².